The number of hydrogen-bond donors (Lipinski definition) is 1. The lowest BCUT2D eigenvalue weighted by Gasteiger charge is -2.05. The second-order valence-electron chi connectivity index (χ2n) is 5.07. The van der Waals surface area contributed by atoms with E-state index < -0.39 is 27.0 Å². The molecule has 0 aliphatic heterocycles. The van der Waals surface area contributed by atoms with Crippen molar-refractivity contribution in [2.45, 2.75) is 0 Å². The van der Waals surface area contributed by atoms with Crippen LogP contribution in [0, 0.1) is 20.2 Å². The van der Waals surface area contributed by atoms with Crippen LogP contribution in [0.2, 0.25) is 0 Å². The van der Waals surface area contributed by atoms with Crippen molar-refractivity contribution >= 4 is 28.6 Å². The highest BCUT2D eigenvalue weighted by Crippen LogP contribution is 2.29. The van der Waals surface area contributed by atoms with Gasteiger partial charge in [-0.05, 0) is 30.3 Å². The van der Waals surface area contributed by atoms with Gasteiger partial charge in [0.25, 0.3) is 11.5 Å². The number of benzene rings is 1. The molecular formula is C16H10N4O7. The molecule has 0 bridgehead atoms. The number of carbonyl (C=O) groups is 1. The first kappa shape index (κ1) is 17.5. The molecule has 0 aliphatic carbocycles. The SMILES string of the molecule is O=C(C(=NNc1ccc([N+](=O)[O-])cc1[N+](=O)[O-])c1ccco1)c1ccco1. The van der Waals surface area contributed by atoms with E-state index in [1.165, 1.54) is 36.8 Å². The molecule has 2 aromatic heterocycles. The van der Waals surface area contributed by atoms with Gasteiger partial charge in [-0.3, -0.25) is 30.4 Å². The third-order valence-electron chi connectivity index (χ3n) is 3.39. The van der Waals surface area contributed by atoms with E-state index in [9.17, 15) is 25.0 Å². The van der Waals surface area contributed by atoms with Crippen molar-refractivity contribution in [2.75, 3.05) is 5.43 Å². The van der Waals surface area contributed by atoms with Gasteiger partial charge in [0, 0.05) is 6.07 Å². The number of non-ortho nitro benzene ring substituents is 1. The van der Waals surface area contributed by atoms with E-state index in [0.29, 0.717) is 0 Å². The van der Waals surface area contributed by atoms with Gasteiger partial charge in [-0.1, -0.05) is 0 Å². The number of hydrazone groups is 1. The van der Waals surface area contributed by atoms with Gasteiger partial charge in [-0.15, -0.1) is 0 Å². The molecule has 3 aromatic rings. The van der Waals surface area contributed by atoms with Crippen molar-refractivity contribution in [3.8, 4) is 0 Å². The summed E-state index contributed by atoms with van der Waals surface area (Å²) in [6, 6.07) is 8.94. The monoisotopic (exact) mass is 370 g/mol. The highest BCUT2D eigenvalue weighted by molar-refractivity contribution is 6.50. The fraction of sp³-hybridized carbons (Fsp3) is 0. The second kappa shape index (κ2) is 7.31. The molecule has 11 heteroatoms. The highest BCUT2D eigenvalue weighted by atomic mass is 16.6. The molecule has 0 spiro atoms. The first-order chi connectivity index (χ1) is 13.0. The van der Waals surface area contributed by atoms with Gasteiger partial charge in [0.15, 0.2) is 17.2 Å². The second-order valence-corrected chi connectivity index (χ2v) is 5.07. The van der Waals surface area contributed by atoms with Gasteiger partial charge in [-0.25, -0.2) is 0 Å². The number of nitro groups is 2. The number of nitrogens with zero attached hydrogens (tertiary/aromatic N) is 3. The van der Waals surface area contributed by atoms with Crippen LogP contribution in [-0.2, 0) is 0 Å². The van der Waals surface area contributed by atoms with Crippen LogP contribution in [0.4, 0.5) is 17.1 Å². The Bertz CT molecular complexity index is 1020. The maximum atomic E-state index is 12.5. The van der Waals surface area contributed by atoms with Crippen LogP contribution in [0.15, 0.2) is 68.9 Å². The van der Waals surface area contributed by atoms with E-state index in [-0.39, 0.29) is 22.9 Å². The number of nitrogens with one attached hydrogen (secondary N) is 1. The number of rotatable bonds is 7. The lowest BCUT2D eigenvalue weighted by molar-refractivity contribution is -0.393. The van der Waals surface area contributed by atoms with E-state index in [4.69, 9.17) is 8.83 Å². The Morgan fingerprint density at radius 2 is 1.63 bits per heavy atom. The van der Waals surface area contributed by atoms with E-state index in [0.717, 1.165) is 18.2 Å². The van der Waals surface area contributed by atoms with Crippen molar-refractivity contribution in [3.63, 3.8) is 0 Å². The van der Waals surface area contributed by atoms with Gasteiger partial charge in [0.1, 0.15) is 5.69 Å². The Hall–Kier alpha value is -4.28. The molecule has 1 aromatic carbocycles. The Labute approximate surface area is 150 Å². The standard InChI is InChI=1S/C16H10N4O7/c21-16(14-4-2-8-27-14)15(13-3-1-7-26-13)18-17-11-6-5-10(19(22)23)9-12(11)20(24)25/h1-9,17H. The van der Waals surface area contributed by atoms with Crippen molar-refractivity contribution in [2.24, 2.45) is 5.10 Å². The number of anilines is 1. The minimum absolute atomic E-state index is 0.00912. The Kier molecular flexibility index (Phi) is 4.75. The zero-order valence-corrected chi connectivity index (χ0v) is 13.4. The normalized spacial score (nSPS) is 11.2. The van der Waals surface area contributed by atoms with Gasteiger partial charge in [0.2, 0.25) is 0 Å². The maximum Gasteiger partial charge on any atom is 0.301 e. The topological polar surface area (TPSA) is 154 Å². The summed E-state index contributed by atoms with van der Waals surface area (Å²) in [5.41, 5.74) is 1.04. The summed E-state index contributed by atoms with van der Waals surface area (Å²) in [7, 11) is 0. The Morgan fingerprint density at radius 1 is 0.963 bits per heavy atom. The molecule has 0 amide bonds. The predicted octanol–water partition coefficient (Wildman–Crippen LogP) is 3.39. The van der Waals surface area contributed by atoms with Crippen molar-refractivity contribution in [3.05, 3.63) is 86.7 Å². The maximum absolute atomic E-state index is 12.5. The summed E-state index contributed by atoms with van der Waals surface area (Å²) in [6.07, 6.45) is 2.64. The van der Waals surface area contributed by atoms with Crippen LogP contribution in [0.1, 0.15) is 16.3 Å². The van der Waals surface area contributed by atoms with Crippen LogP contribution in [0.3, 0.4) is 0 Å². The average Bonchev–Trinajstić information content (AvgIpc) is 3.35. The van der Waals surface area contributed by atoms with Crippen molar-refractivity contribution < 1.29 is 23.5 Å². The highest BCUT2D eigenvalue weighted by Gasteiger charge is 2.23. The van der Waals surface area contributed by atoms with E-state index in [1.807, 2.05) is 0 Å². The third kappa shape index (κ3) is 3.71. The zero-order chi connectivity index (χ0) is 19.4. The molecule has 0 aliphatic rings. The molecule has 11 nitrogen and oxygen atoms in total. The minimum Gasteiger partial charge on any atom is -0.462 e. The number of carbonyl (C=O) groups excluding carboxylic acids is 1. The van der Waals surface area contributed by atoms with Crippen LogP contribution in [-0.4, -0.2) is 21.3 Å². The number of Topliss-reactive ketones (excluding diaryl/α,β-unsaturated/α-hetero) is 1. The summed E-state index contributed by atoms with van der Waals surface area (Å²) >= 11 is 0. The van der Waals surface area contributed by atoms with Crippen LogP contribution >= 0.6 is 0 Å². The lowest BCUT2D eigenvalue weighted by atomic mass is 10.1. The largest absolute Gasteiger partial charge is 0.462 e. The van der Waals surface area contributed by atoms with Gasteiger partial charge >= 0.3 is 5.69 Å². The molecule has 0 fully saturated rings. The minimum atomic E-state index is -0.800. The fourth-order valence-electron chi connectivity index (χ4n) is 2.15. The summed E-state index contributed by atoms with van der Waals surface area (Å²) < 4.78 is 10.2. The quantitative estimate of drug-likeness (QED) is 0.287. The Morgan fingerprint density at radius 3 is 2.19 bits per heavy atom. The number of ketones is 1. The molecule has 2 heterocycles. The molecule has 3 rings (SSSR count). The summed E-state index contributed by atoms with van der Waals surface area (Å²) in [4.78, 5) is 33.0. The molecule has 136 valence electrons. The van der Waals surface area contributed by atoms with E-state index >= 15 is 0 Å². The molecule has 0 atom stereocenters. The van der Waals surface area contributed by atoms with Gasteiger partial charge in [0.05, 0.1) is 28.4 Å². The summed E-state index contributed by atoms with van der Waals surface area (Å²) in [6.45, 7) is 0. The molecule has 0 radical (unpaired) electrons. The number of furan rings is 2. The van der Waals surface area contributed by atoms with E-state index in [1.54, 1.807) is 0 Å². The first-order valence-electron chi connectivity index (χ1n) is 7.36. The molecule has 0 saturated carbocycles. The van der Waals surface area contributed by atoms with Gasteiger partial charge < -0.3 is 8.83 Å². The van der Waals surface area contributed by atoms with Crippen LogP contribution in [0.25, 0.3) is 0 Å². The van der Waals surface area contributed by atoms with Crippen LogP contribution in [0.5, 0.6) is 0 Å². The summed E-state index contributed by atoms with van der Waals surface area (Å²) in [5.74, 6) is -0.523. The fourth-order valence-corrected chi connectivity index (χ4v) is 2.15. The zero-order valence-electron chi connectivity index (χ0n) is 13.4. The Balaban J connectivity index is 1.99. The summed E-state index contributed by atoms with van der Waals surface area (Å²) in [5, 5.41) is 25.9. The molecule has 0 unspecified atom stereocenters. The predicted molar refractivity (Wildman–Crippen MR) is 91.7 cm³/mol. The number of hydrogen-bond acceptors (Lipinski definition) is 9. The number of nitro benzene ring substituents is 2. The lowest BCUT2D eigenvalue weighted by Crippen LogP contribution is -2.16. The third-order valence-corrected chi connectivity index (χ3v) is 3.39. The molecule has 0 saturated heterocycles. The average molecular weight is 370 g/mol. The van der Waals surface area contributed by atoms with Crippen molar-refractivity contribution in [1.82, 2.24) is 0 Å². The smallest absolute Gasteiger partial charge is 0.301 e. The molecular weight excluding hydrogens is 360 g/mol. The molecule has 27 heavy (non-hydrogen) atoms. The first-order valence-corrected chi connectivity index (χ1v) is 7.36. The van der Waals surface area contributed by atoms with Crippen LogP contribution < -0.4 is 5.43 Å². The van der Waals surface area contributed by atoms with E-state index in [2.05, 4.69) is 10.5 Å². The van der Waals surface area contributed by atoms with Crippen molar-refractivity contribution in [1.29, 1.82) is 0 Å². The molecule has 1 N–H and O–H groups in total. The van der Waals surface area contributed by atoms with Gasteiger partial charge in [-0.2, -0.15) is 5.10 Å².